The average molecular weight is 261 g/mol. The Balaban J connectivity index is 2.05. The minimum Gasteiger partial charge on any atom is -0.383 e. The summed E-state index contributed by atoms with van der Waals surface area (Å²) in [5.41, 5.74) is 2.25. The summed E-state index contributed by atoms with van der Waals surface area (Å²) >= 11 is 0. The Morgan fingerprint density at radius 1 is 1.47 bits per heavy atom. The van der Waals surface area contributed by atoms with E-state index >= 15 is 0 Å². The standard InChI is InChI=1S/C15H23N3O/c1-3-12(2)17-15(19)11-18-10-6-9-16-13-7-4-5-8-14(13)18/h4-5,7-8,12,16H,3,6,9-11H2,1-2H3,(H,17,19). The third-order valence-corrected chi connectivity index (χ3v) is 3.52. The van der Waals surface area contributed by atoms with Crippen molar-refractivity contribution in [3.8, 4) is 0 Å². The monoisotopic (exact) mass is 261 g/mol. The van der Waals surface area contributed by atoms with E-state index in [1.54, 1.807) is 0 Å². The molecule has 19 heavy (non-hydrogen) atoms. The van der Waals surface area contributed by atoms with Crippen molar-refractivity contribution < 1.29 is 4.79 Å². The smallest absolute Gasteiger partial charge is 0.239 e. The summed E-state index contributed by atoms with van der Waals surface area (Å²) in [5.74, 6) is 0.103. The largest absolute Gasteiger partial charge is 0.383 e. The van der Waals surface area contributed by atoms with Crippen LogP contribution in [0.25, 0.3) is 0 Å². The molecule has 1 aliphatic rings. The van der Waals surface area contributed by atoms with Crippen molar-refractivity contribution in [1.29, 1.82) is 0 Å². The third-order valence-electron chi connectivity index (χ3n) is 3.52. The number of para-hydroxylation sites is 2. The molecule has 1 heterocycles. The van der Waals surface area contributed by atoms with Gasteiger partial charge in [-0.1, -0.05) is 19.1 Å². The number of hydrogen-bond acceptors (Lipinski definition) is 3. The fourth-order valence-electron chi connectivity index (χ4n) is 2.27. The summed E-state index contributed by atoms with van der Waals surface area (Å²) in [6, 6.07) is 8.43. The van der Waals surface area contributed by atoms with Gasteiger partial charge in [0.25, 0.3) is 0 Å². The second kappa shape index (κ2) is 6.45. The molecule has 4 heteroatoms. The molecule has 1 aliphatic heterocycles. The predicted octanol–water partition coefficient (Wildman–Crippen LogP) is 2.22. The van der Waals surface area contributed by atoms with E-state index in [4.69, 9.17) is 0 Å². The normalized spacial score (nSPS) is 16.0. The minimum absolute atomic E-state index is 0.103. The molecule has 4 nitrogen and oxygen atoms in total. The number of benzene rings is 1. The quantitative estimate of drug-likeness (QED) is 0.873. The Bertz CT molecular complexity index is 433. The molecule has 0 aliphatic carbocycles. The maximum absolute atomic E-state index is 12.0. The zero-order chi connectivity index (χ0) is 13.7. The molecule has 0 fully saturated rings. The van der Waals surface area contributed by atoms with Crippen LogP contribution in [0.4, 0.5) is 11.4 Å². The number of rotatable bonds is 4. The first-order chi connectivity index (χ1) is 9.20. The van der Waals surface area contributed by atoms with Gasteiger partial charge in [0.2, 0.25) is 5.91 Å². The van der Waals surface area contributed by atoms with Gasteiger partial charge in [0.1, 0.15) is 0 Å². The summed E-state index contributed by atoms with van der Waals surface area (Å²) in [7, 11) is 0. The van der Waals surface area contributed by atoms with E-state index in [0.717, 1.165) is 37.3 Å². The Hall–Kier alpha value is -1.71. The van der Waals surface area contributed by atoms with Gasteiger partial charge in [-0.15, -0.1) is 0 Å². The number of fused-ring (bicyclic) bond motifs is 1. The molecule has 2 N–H and O–H groups in total. The van der Waals surface area contributed by atoms with Crippen molar-refractivity contribution >= 4 is 17.3 Å². The van der Waals surface area contributed by atoms with Crippen LogP contribution in [0.15, 0.2) is 24.3 Å². The van der Waals surface area contributed by atoms with Gasteiger partial charge in [0.15, 0.2) is 0 Å². The van der Waals surface area contributed by atoms with E-state index in [-0.39, 0.29) is 11.9 Å². The maximum Gasteiger partial charge on any atom is 0.239 e. The van der Waals surface area contributed by atoms with Gasteiger partial charge in [-0.05, 0) is 31.9 Å². The van der Waals surface area contributed by atoms with Crippen molar-refractivity contribution in [2.24, 2.45) is 0 Å². The van der Waals surface area contributed by atoms with Crippen LogP contribution in [0.1, 0.15) is 26.7 Å². The minimum atomic E-state index is 0.103. The molecule has 1 atom stereocenters. The lowest BCUT2D eigenvalue weighted by atomic mass is 10.2. The van der Waals surface area contributed by atoms with Crippen molar-refractivity contribution in [3.63, 3.8) is 0 Å². The van der Waals surface area contributed by atoms with Gasteiger partial charge in [-0.2, -0.15) is 0 Å². The molecule has 1 aromatic rings. The second-order valence-electron chi connectivity index (χ2n) is 5.10. The molecule has 0 bridgehead atoms. The van der Waals surface area contributed by atoms with Crippen LogP contribution < -0.4 is 15.5 Å². The van der Waals surface area contributed by atoms with Crippen molar-refractivity contribution in [2.45, 2.75) is 32.7 Å². The first kappa shape index (κ1) is 13.7. The Morgan fingerprint density at radius 3 is 3.05 bits per heavy atom. The maximum atomic E-state index is 12.0. The van der Waals surface area contributed by atoms with Crippen LogP contribution in [0.5, 0.6) is 0 Å². The number of amides is 1. The zero-order valence-corrected chi connectivity index (χ0v) is 11.8. The number of carbonyl (C=O) groups excluding carboxylic acids is 1. The van der Waals surface area contributed by atoms with Crippen LogP contribution in [-0.4, -0.2) is 31.6 Å². The SMILES string of the molecule is CCC(C)NC(=O)CN1CCCNc2ccccc21. The van der Waals surface area contributed by atoms with Crippen LogP contribution >= 0.6 is 0 Å². The molecule has 0 saturated heterocycles. The van der Waals surface area contributed by atoms with Crippen LogP contribution in [0, 0.1) is 0 Å². The van der Waals surface area contributed by atoms with Gasteiger partial charge in [-0.3, -0.25) is 4.79 Å². The van der Waals surface area contributed by atoms with E-state index in [9.17, 15) is 4.79 Å². The molecule has 0 saturated carbocycles. The van der Waals surface area contributed by atoms with Crippen LogP contribution in [0.3, 0.4) is 0 Å². The Labute approximate surface area is 115 Å². The van der Waals surface area contributed by atoms with Crippen molar-refractivity contribution in [1.82, 2.24) is 5.32 Å². The second-order valence-corrected chi connectivity index (χ2v) is 5.10. The highest BCUT2D eigenvalue weighted by molar-refractivity contribution is 5.83. The highest BCUT2D eigenvalue weighted by Gasteiger charge is 2.17. The van der Waals surface area contributed by atoms with E-state index in [0.29, 0.717) is 6.54 Å². The summed E-state index contributed by atoms with van der Waals surface area (Å²) in [4.78, 5) is 14.2. The summed E-state index contributed by atoms with van der Waals surface area (Å²) in [6.45, 7) is 6.42. The highest BCUT2D eigenvalue weighted by atomic mass is 16.2. The van der Waals surface area contributed by atoms with E-state index in [1.807, 2.05) is 19.1 Å². The fraction of sp³-hybridized carbons (Fsp3) is 0.533. The number of hydrogen-bond donors (Lipinski definition) is 2. The molecule has 0 aromatic heterocycles. The molecule has 0 spiro atoms. The lowest BCUT2D eigenvalue weighted by Gasteiger charge is -2.24. The third kappa shape index (κ3) is 3.63. The van der Waals surface area contributed by atoms with Gasteiger partial charge in [-0.25, -0.2) is 0 Å². The zero-order valence-electron chi connectivity index (χ0n) is 11.8. The van der Waals surface area contributed by atoms with Crippen LogP contribution in [-0.2, 0) is 4.79 Å². The lowest BCUT2D eigenvalue weighted by molar-refractivity contribution is -0.120. The molecule has 0 radical (unpaired) electrons. The molecular weight excluding hydrogens is 238 g/mol. The van der Waals surface area contributed by atoms with Crippen molar-refractivity contribution in [3.05, 3.63) is 24.3 Å². The molecule has 1 amide bonds. The highest BCUT2D eigenvalue weighted by Crippen LogP contribution is 2.27. The molecule has 104 valence electrons. The first-order valence-corrected chi connectivity index (χ1v) is 7.08. The van der Waals surface area contributed by atoms with Gasteiger partial charge in [0, 0.05) is 19.1 Å². The number of carbonyl (C=O) groups is 1. The van der Waals surface area contributed by atoms with E-state index in [2.05, 4.69) is 34.6 Å². The molecule has 1 unspecified atom stereocenters. The number of nitrogens with zero attached hydrogens (tertiary/aromatic N) is 1. The molecule has 1 aromatic carbocycles. The number of nitrogens with one attached hydrogen (secondary N) is 2. The summed E-state index contributed by atoms with van der Waals surface area (Å²) in [5, 5.41) is 6.43. The molecule has 2 rings (SSSR count). The Morgan fingerprint density at radius 2 is 2.26 bits per heavy atom. The van der Waals surface area contributed by atoms with Crippen LogP contribution in [0.2, 0.25) is 0 Å². The summed E-state index contributed by atoms with van der Waals surface area (Å²) in [6.07, 6.45) is 2.01. The van der Waals surface area contributed by atoms with Gasteiger partial charge < -0.3 is 15.5 Å². The van der Waals surface area contributed by atoms with Gasteiger partial charge in [0.05, 0.1) is 17.9 Å². The van der Waals surface area contributed by atoms with E-state index in [1.165, 1.54) is 0 Å². The summed E-state index contributed by atoms with van der Waals surface area (Å²) < 4.78 is 0. The first-order valence-electron chi connectivity index (χ1n) is 7.08. The van der Waals surface area contributed by atoms with Crippen molar-refractivity contribution in [2.75, 3.05) is 29.9 Å². The Kier molecular flexibility index (Phi) is 4.66. The van der Waals surface area contributed by atoms with E-state index < -0.39 is 0 Å². The predicted molar refractivity (Wildman–Crippen MR) is 79.7 cm³/mol. The molecular formula is C15H23N3O. The average Bonchev–Trinajstić information content (AvgIpc) is 2.61. The van der Waals surface area contributed by atoms with Gasteiger partial charge >= 0.3 is 0 Å². The lowest BCUT2D eigenvalue weighted by Crippen LogP contribution is -2.41. The fourth-order valence-corrected chi connectivity index (χ4v) is 2.27. The topological polar surface area (TPSA) is 44.4 Å². The number of anilines is 2.